The van der Waals surface area contributed by atoms with Gasteiger partial charge in [-0.3, -0.25) is 0 Å². The van der Waals surface area contributed by atoms with Crippen molar-refractivity contribution in [2.24, 2.45) is 52.3 Å². The third-order valence-electron chi connectivity index (χ3n) is 11.9. The highest BCUT2D eigenvalue weighted by Gasteiger charge is 2.62. The summed E-state index contributed by atoms with van der Waals surface area (Å²) in [6.07, 6.45) is 19.8. The molecule has 0 nitrogen and oxygen atoms in total. The minimum atomic E-state index is 0. The van der Waals surface area contributed by atoms with Crippen molar-refractivity contribution >= 4 is 12.6 Å². The Morgan fingerprint density at radius 3 is 2.28 bits per heavy atom. The molecule has 5 aliphatic rings. The lowest BCUT2D eigenvalue weighted by Crippen LogP contribution is -2.59. The van der Waals surface area contributed by atoms with E-state index >= 15 is 0 Å². The van der Waals surface area contributed by atoms with E-state index in [1.807, 2.05) is 0 Å². The normalized spacial score (nSPS) is 56.4. The van der Waals surface area contributed by atoms with Gasteiger partial charge in [0.05, 0.1) is 0 Å². The summed E-state index contributed by atoms with van der Waals surface area (Å²) in [6.45, 7) is 10.1. The SMILES string of the molecule is C.CCCC12CCCC1C1CCC3C(CCC4C(C)(S)C(C)CCC34C)C1CC2. The average Bonchev–Trinajstić information content (AvgIpc) is 3.09. The predicted molar refractivity (Wildman–Crippen MR) is 130 cm³/mol. The number of hydrogen-bond acceptors (Lipinski definition) is 1. The van der Waals surface area contributed by atoms with Crippen molar-refractivity contribution < 1.29 is 0 Å². The molecular formula is C28H50S. The van der Waals surface area contributed by atoms with Crippen LogP contribution in [0.2, 0.25) is 0 Å². The smallest absolute Gasteiger partial charge is 0.0160 e. The lowest BCUT2D eigenvalue weighted by Gasteiger charge is -2.65. The maximum atomic E-state index is 5.32. The first-order chi connectivity index (χ1) is 13.3. The Morgan fingerprint density at radius 1 is 0.793 bits per heavy atom. The molecule has 5 rings (SSSR count). The van der Waals surface area contributed by atoms with E-state index in [1.165, 1.54) is 44.9 Å². The topological polar surface area (TPSA) is 0 Å². The molecule has 0 heterocycles. The van der Waals surface area contributed by atoms with Crippen LogP contribution in [-0.4, -0.2) is 4.75 Å². The quantitative estimate of drug-likeness (QED) is 0.425. The molecule has 0 aromatic heterocycles. The maximum absolute atomic E-state index is 5.32. The summed E-state index contributed by atoms with van der Waals surface area (Å²) < 4.78 is 0.253. The van der Waals surface area contributed by atoms with Gasteiger partial charge in [0.25, 0.3) is 0 Å². The Bertz CT molecular complexity index is 595. The van der Waals surface area contributed by atoms with E-state index in [0.29, 0.717) is 5.41 Å². The Kier molecular flexibility index (Phi) is 6.01. The van der Waals surface area contributed by atoms with Crippen LogP contribution in [0.5, 0.6) is 0 Å². The van der Waals surface area contributed by atoms with Crippen molar-refractivity contribution in [3.05, 3.63) is 0 Å². The molecule has 0 bridgehead atoms. The number of hydrogen-bond donors (Lipinski definition) is 1. The van der Waals surface area contributed by atoms with Gasteiger partial charge in [-0.25, -0.2) is 0 Å². The minimum Gasteiger partial charge on any atom is -0.172 e. The van der Waals surface area contributed by atoms with Gasteiger partial charge in [0.2, 0.25) is 0 Å². The van der Waals surface area contributed by atoms with Crippen LogP contribution in [-0.2, 0) is 0 Å². The van der Waals surface area contributed by atoms with Crippen LogP contribution in [0.4, 0.5) is 0 Å². The molecule has 0 aromatic rings. The van der Waals surface area contributed by atoms with Crippen LogP contribution in [0.25, 0.3) is 0 Å². The summed E-state index contributed by atoms with van der Waals surface area (Å²) in [4.78, 5) is 0. The van der Waals surface area contributed by atoms with Crippen LogP contribution >= 0.6 is 12.6 Å². The highest BCUT2D eigenvalue weighted by atomic mass is 32.1. The fourth-order valence-corrected chi connectivity index (χ4v) is 11.1. The van der Waals surface area contributed by atoms with Crippen molar-refractivity contribution in [3.8, 4) is 0 Å². The summed E-state index contributed by atoms with van der Waals surface area (Å²) in [6, 6.07) is 0. The first kappa shape index (κ1) is 22.5. The summed E-state index contributed by atoms with van der Waals surface area (Å²) >= 11 is 5.32. The Labute approximate surface area is 188 Å². The summed E-state index contributed by atoms with van der Waals surface area (Å²) in [5.41, 5.74) is 1.35. The zero-order chi connectivity index (χ0) is 19.7. The van der Waals surface area contributed by atoms with Crippen molar-refractivity contribution in [1.82, 2.24) is 0 Å². The third kappa shape index (κ3) is 3.13. The first-order valence-electron chi connectivity index (χ1n) is 13.1. The van der Waals surface area contributed by atoms with Crippen molar-refractivity contribution in [3.63, 3.8) is 0 Å². The molecule has 5 fully saturated rings. The average molecular weight is 419 g/mol. The van der Waals surface area contributed by atoms with Crippen LogP contribution in [0.1, 0.15) is 119 Å². The lowest BCUT2D eigenvalue weighted by atomic mass is 9.41. The summed E-state index contributed by atoms with van der Waals surface area (Å²) in [5.74, 6) is 6.96. The number of thiol groups is 1. The van der Waals surface area contributed by atoms with Gasteiger partial charge in [0, 0.05) is 4.75 Å². The Balaban J connectivity index is 0.00000205. The Morgan fingerprint density at radius 2 is 1.52 bits per heavy atom. The van der Waals surface area contributed by atoms with Gasteiger partial charge in [0.15, 0.2) is 0 Å². The maximum Gasteiger partial charge on any atom is 0.0160 e. The van der Waals surface area contributed by atoms with E-state index in [1.54, 1.807) is 38.5 Å². The van der Waals surface area contributed by atoms with E-state index in [4.69, 9.17) is 12.6 Å². The monoisotopic (exact) mass is 418 g/mol. The van der Waals surface area contributed by atoms with E-state index in [-0.39, 0.29) is 12.2 Å². The highest BCUT2D eigenvalue weighted by Crippen LogP contribution is 2.69. The van der Waals surface area contributed by atoms with Gasteiger partial charge in [-0.05, 0) is 123 Å². The largest absolute Gasteiger partial charge is 0.172 e. The number of fused-ring (bicyclic) bond motifs is 7. The lowest BCUT2D eigenvalue weighted by molar-refractivity contribution is -0.137. The molecule has 0 saturated heterocycles. The van der Waals surface area contributed by atoms with E-state index < -0.39 is 0 Å². The molecule has 10 unspecified atom stereocenters. The van der Waals surface area contributed by atoms with E-state index in [2.05, 4.69) is 27.7 Å². The van der Waals surface area contributed by atoms with Gasteiger partial charge in [-0.15, -0.1) is 0 Å². The third-order valence-corrected chi connectivity index (χ3v) is 12.6. The molecular weight excluding hydrogens is 368 g/mol. The molecule has 29 heavy (non-hydrogen) atoms. The molecule has 5 saturated carbocycles. The highest BCUT2D eigenvalue weighted by molar-refractivity contribution is 7.81. The van der Waals surface area contributed by atoms with Crippen molar-refractivity contribution in [2.45, 2.75) is 123 Å². The van der Waals surface area contributed by atoms with Crippen LogP contribution < -0.4 is 0 Å². The zero-order valence-corrected chi connectivity index (χ0v) is 20.1. The van der Waals surface area contributed by atoms with Crippen molar-refractivity contribution in [1.29, 1.82) is 0 Å². The molecule has 0 radical (unpaired) electrons. The van der Waals surface area contributed by atoms with Gasteiger partial charge in [0.1, 0.15) is 0 Å². The molecule has 0 amide bonds. The molecule has 0 N–H and O–H groups in total. The van der Waals surface area contributed by atoms with Gasteiger partial charge in [-0.2, -0.15) is 12.6 Å². The fourth-order valence-electron chi connectivity index (χ4n) is 10.5. The molecule has 1 heteroatoms. The van der Waals surface area contributed by atoms with Crippen molar-refractivity contribution in [2.75, 3.05) is 0 Å². The van der Waals surface area contributed by atoms with Crippen LogP contribution in [0.15, 0.2) is 0 Å². The van der Waals surface area contributed by atoms with Gasteiger partial charge in [-0.1, -0.05) is 48.0 Å². The Hall–Kier alpha value is 0.350. The van der Waals surface area contributed by atoms with E-state index in [0.717, 1.165) is 46.8 Å². The summed E-state index contributed by atoms with van der Waals surface area (Å²) in [7, 11) is 0. The first-order valence-corrected chi connectivity index (χ1v) is 13.5. The van der Waals surface area contributed by atoms with Gasteiger partial charge < -0.3 is 0 Å². The second-order valence-corrected chi connectivity index (χ2v) is 13.6. The standard InChI is InChI=1S/C27H46S.CH4/c1-5-14-27-15-6-7-23(27)21-8-10-22-20(19(21)13-17-27)9-11-24-25(22,3)16-12-18(2)26(24,4)28;/h18-24,28H,5-17H2,1-4H3;1H4. The van der Waals surface area contributed by atoms with Gasteiger partial charge >= 0.3 is 0 Å². The number of rotatable bonds is 2. The van der Waals surface area contributed by atoms with E-state index in [9.17, 15) is 0 Å². The molecule has 10 atom stereocenters. The predicted octanol–water partition coefficient (Wildman–Crippen LogP) is 8.80. The zero-order valence-electron chi connectivity index (χ0n) is 19.2. The molecule has 0 spiro atoms. The molecule has 0 aliphatic heterocycles. The fraction of sp³-hybridized carbons (Fsp3) is 1.00. The minimum absolute atomic E-state index is 0. The molecule has 5 aliphatic carbocycles. The van der Waals surface area contributed by atoms with Crippen LogP contribution in [0.3, 0.4) is 0 Å². The molecule has 0 aromatic carbocycles. The van der Waals surface area contributed by atoms with Crippen LogP contribution in [0, 0.1) is 52.3 Å². The summed E-state index contributed by atoms with van der Waals surface area (Å²) in [5, 5.41) is 0. The second-order valence-electron chi connectivity index (χ2n) is 12.6. The second kappa shape index (κ2) is 7.74. The molecule has 168 valence electrons.